The molecule has 3 aromatic rings. The quantitative estimate of drug-likeness (QED) is 0.464. The van der Waals surface area contributed by atoms with Gasteiger partial charge >= 0.3 is 0 Å². The number of hydrogen-bond acceptors (Lipinski definition) is 6. The lowest BCUT2D eigenvalue weighted by Crippen LogP contribution is -2.36. The number of amides is 1. The lowest BCUT2D eigenvalue weighted by Gasteiger charge is -2.31. The zero-order chi connectivity index (χ0) is 27.0. The Labute approximate surface area is 223 Å². The highest BCUT2D eigenvalue weighted by Gasteiger charge is 2.31. The molecular formula is C26H29ClF2N6O3. The van der Waals surface area contributed by atoms with Crippen molar-refractivity contribution in [1.82, 2.24) is 24.5 Å². The standard InChI is InChI=1S/C26H29ClF2N6O3/c1-32(2)26(37)23-18-15-33(20-13-30-35(25(36)22(20)27)21-9-5-6-12-38-21)11-10-19(18)34(31-23)14-16-7-3-4-8-17(16)24(28)29/h3-4,7-8,13,21,24H,5-6,9-12,14-15H2,1-2H3. The summed E-state index contributed by atoms with van der Waals surface area (Å²) in [4.78, 5) is 29.4. The van der Waals surface area contributed by atoms with Gasteiger partial charge in [-0.15, -0.1) is 0 Å². The Hall–Kier alpha value is -3.31. The van der Waals surface area contributed by atoms with E-state index in [4.69, 9.17) is 16.3 Å². The van der Waals surface area contributed by atoms with Crippen molar-refractivity contribution in [2.45, 2.75) is 51.4 Å². The van der Waals surface area contributed by atoms with E-state index in [0.29, 0.717) is 42.8 Å². The van der Waals surface area contributed by atoms with E-state index in [1.54, 1.807) is 43.2 Å². The molecule has 0 N–H and O–H groups in total. The third-order valence-corrected chi connectivity index (χ3v) is 7.40. The van der Waals surface area contributed by atoms with Crippen molar-refractivity contribution in [2.75, 3.05) is 32.1 Å². The van der Waals surface area contributed by atoms with E-state index < -0.39 is 18.2 Å². The second-order valence-electron chi connectivity index (χ2n) is 9.72. The summed E-state index contributed by atoms with van der Waals surface area (Å²) in [6, 6.07) is 6.34. The Morgan fingerprint density at radius 2 is 2.05 bits per heavy atom. The molecule has 0 spiro atoms. The van der Waals surface area contributed by atoms with Gasteiger partial charge in [-0.2, -0.15) is 14.9 Å². The molecule has 1 fully saturated rings. The maximum Gasteiger partial charge on any atom is 0.290 e. The average Bonchev–Trinajstić information content (AvgIpc) is 3.27. The van der Waals surface area contributed by atoms with Gasteiger partial charge in [0.2, 0.25) is 0 Å². The summed E-state index contributed by atoms with van der Waals surface area (Å²) < 4.78 is 35.9. The molecule has 1 saturated heterocycles. The van der Waals surface area contributed by atoms with Crippen LogP contribution >= 0.6 is 11.6 Å². The smallest absolute Gasteiger partial charge is 0.290 e. The molecule has 2 aliphatic heterocycles. The van der Waals surface area contributed by atoms with Crippen molar-refractivity contribution >= 4 is 23.2 Å². The molecule has 0 aliphatic carbocycles. The number of nitrogens with zero attached hydrogens (tertiary/aromatic N) is 6. The van der Waals surface area contributed by atoms with Crippen molar-refractivity contribution in [3.05, 3.63) is 73.9 Å². The summed E-state index contributed by atoms with van der Waals surface area (Å²) in [6.07, 6.45) is 1.57. The fourth-order valence-electron chi connectivity index (χ4n) is 5.04. The van der Waals surface area contributed by atoms with Gasteiger partial charge in [0.1, 0.15) is 5.02 Å². The van der Waals surface area contributed by atoms with E-state index in [1.807, 2.05) is 4.90 Å². The van der Waals surface area contributed by atoms with Gasteiger partial charge in [0.15, 0.2) is 11.9 Å². The number of rotatable bonds is 6. The molecule has 2 aromatic heterocycles. The summed E-state index contributed by atoms with van der Waals surface area (Å²) in [7, 11) is 3.27. The summed E-state index contributed by atoms with van der Waals surface area (Å²) >= 11 is 6.55. The molecule has 2 aliphatic rings. The van der Waals surface area contributed by atoms with Crippen LogP contribution in [0.5, 0.6) is 0 Å². The van der Waals surface area contributed by atoms with E-state index >= 15 is 0 Å². The third kappa shape index (κ3) is 4.92. The highest BCUT2D eigenvalue weighted by atomic mass is 35.5. The minimum atomic E-state index is -2.62. The molecule has 0 bridgehead atoms. The van der Waals surface area contributed by atoms with Gasteiger partial charge in [-0.3, -0.25) is 14.3 Å². The maximum atomic E-state index is 13.6. The summed E-state index contributed by atoms with van der Waals surface area (Å²) in [5, 5.41) is 8.97. The minimum Gasteiger partial charge on any atom is -0.364 e. The fourth-order valence-corrected chi connectivity index (χ4v) is 5.30. The minimum absolute atomic E-state index is 0.0383. The van der Waals surface area contributed by atoms with Crippen LogP contribution in [0.2, 0.25) is 5.02 Å². The maximum absolute atomic E-state index is 13.6. The number of hydrogen-bond donors (Lipinski definition) is 0. The topological polar surface area (TPSA) is 85.5 Å². The zero-order valence-electron chi connectivity index (χ0n) is 21.2. The Morgan fingerprint density at radius 1 is 1.26 bits per heavy atom. The number of anilines is 1. The van der Waals surface area contributed by atoms with E-state index in [9.17, 15) is 18.4 Å². The van der Waals surface area contributed by atoms with Crippen LogP contribution < -0.4 is 10.5 Å². The predicted octanol–water partition coefficient (Wildman–Crippen LogP) is 4.04. The molecule has 0 saturated carbocycles. The van der Waals surface area contributed by atoms with E-state index in [0.717, 1.165) is 18.5 Å². The molecule has 1 atom stereocenters. The summed E-state index contributed by atoms with van der Waals surface area (Å²) in [6.45, 7) is 1.44. The van der Waals surface area contributed by atoms with Crippen LogP contribution in [0.4, 0.5) is 14.5 Å². The van der Waals surface area contributed by atoms with Crippen LogP contribution in [-0.4, -0.2) is 57.6 Å². The molecule has 9 nitrogen and oxygen atoms in total. The first-order valence-corrected chi connectivity index (χ1v) is 12.9. The van der Waals surface area contributed by atoms with Gasteiger partial charge in [0.05, 0.1) is 18.4 Å². The molecular weight excluding hydrogens is 518 g/mol. The van der Waals surface area contributed by atoms with E-state index in [1.165, 1.54) is 15.6 Å². The Balaban J connectivity index is 1.49. The number of carbonyl (C=O) groups is 1. The largest absolute Gasteiger partial charge is 0.364 e. The first-order chi connectivity index (χ1) is 18.3. The van der Waals surface area contributed by atoms with Crippen molar-refractivity contribution in [3.63, 3.8) is 0 Å². The molecule has 38 heavy (non-hydrogen) atoms. The molecule has 202 valence electrons. The van der Waals surface area contributed by atoms with Crippen LogP contribution in [0.15, 0.2) is 35.3 Å². The van der Waals surface area contributed by atoms with Crippen LogP contribution in [0.25, 0.3) is 0 Å². The molecule has 4 heterocycles. The molecule has 5 rings (SSSR count). The number of aromatic nitrogens is 4. The number of benzene rings is 1. The first-order valence-electron chi connectivity index (χ1n) is 12.6. The Morgan fingerprint density at radius 3 is 2.76 bits per heavy atom. The van der Waals surface area contributed by atoms with Gasteiger partial charge in [0, 0.05) is 57.0 Å². The number of carbonyl (C=O) groups excluding carboxylic acids is 1. The normalized spacial score (nSPS) is 17.5. The van der Waals surface area contributed by atoms with Crippen molar-refractivity contribution < 1.29 is 18.3 Å². The molecule has 1 unspecified atom stereocenters. The van der Waals surface area contributed by atoms with E-state index in [2.05, 4.69) is 10.2 Å². The molecule has 1 amide bonds. The van der Waals surface area contributed by atoms with Crippen molar-refractivity contribution in [2.24, 2.45) is 0 Å². The van der Waals surface area contributed by atoms with Crippen LogP contribution in [0.3, 0.4) is 0 Å². The fraction of sp³-hybridized carbons (Fsp3) is 0.462. The Kier molecular flexibility index (Phi) is 7.49. The van der Waals surface area contributed by atoms with Gasteiger partial charge in [-0.05, 0) is 24.8 Å². The third-order valence-electron chi connectivity index (χ3n) is 7.05. The summed E-state index contributed by atoms with van der Waals surface area (Å²) in [5.41, 5.74) is 2.15. The zero-order valence-corrected chi connectivity index (χ0v) is 22.0. The second-order valence-corrected chi connectivity index (χ2v) is 10.1. The number of halogens is 3. The van der Waals surface area contributed by atoms with Gasteiger partial charge in [0.25, 0.3) is 17.9 Å². The summed E-state index contributed by atoms with van der Waals surface area (Å²) in [5.74, 6) is -0.293. The van der Waals surface area contributed by atoms with Crippen LogP contribution in [0.1, 0.15) is 64.8 Å². The van der Waals surface area contributed by atoms with Gasteiger partial charge in [-0.25, -0.2) is 8.78 Å². The number of ether oxygens (including phenoxy) is 1. The highest BCUT2D eigenvalue weighted by Crippen LogP contribution is 2.32. The van der Waals surface area contributed by atoms with Gasteiger partial charge < -0.3 is 14.5 Å². The van der Waals surface area contributed by atoms with Crippen molar-refractivity contribution in [1.29, 1.82) is 0 Å². The molecule has 0 radical (unpaired) electrons. The van der Waals surface area contributed by atoms with Crippen molar-refractivity contribution in [3.8, 4) is 0 Å². The van der Waals surface area contributed by atoms with Crippen LogP contribution in [0, 0.1) is 0 Å². The first kappa shape index (κ1) is 26.3. The lowest BCUT2D eigenvalue weighted by molar-refractivity contribution is -0.0424. The molecule has 1 aromatic carbocycles. The predicted molar refractivity (Wildman–Crippen MR) is 138 cm³/mol. The SMILES string of the molecule is CN(C)C(=O)c1nn(Cc2ccccc2C(F)F)c2c1CN(c1cnn(C3CCCCO3)c(=O)c1Cl)CC2. The number of fused-ring (bicyclic) bond motifs is 1. The average molecular weight is 547 g/mol. The number of alkyl halides is 2. The van der Waals surface area contributed by atoms with Crippen LogP contribution in [-0.2, 0) is 24.2 Å². The lowest BCUT2D eigenvalue weighted by atomic mass is 10.0. The molecule has 12 heteroatoms. The highest BCUT2D eigenvalue weighted by molar-refractivity contribution is 6.33. The van der Waals surface area contributed by atoms with E-state index in [-0.39, 0.29) is 35.3 Å². The van der Waals surface area contributed by atoms with Gasteiger partial charge in [-0.1, -0.05) is 35.9 Å². The second kappa shape index (κ2) is 10.8. The Bertz CT molecular complexity index is 1400. The monoisotopic (exact) mass is 546 g/mol.